The van der Waals surface area contributed by atoms with Gasteiger partial charge in [-0.1, -0.05) is 52.0 Å². The lowest BCUT2D eigenvalue weighted by atomic mass is 9.93. The van der Waals surface area contributed by atoms with Crippen LogP contribution in [0.4, 0.5) is 13.2 Å². The van der Waals surface area contributed by atoms with Crippen LogP contribution in [0.25, 0.3) is 0 Å². The van der Waals surface area contributed by atoms with E-state index < -0.39 is 21.4 Å². The standard InChI is InChI=1S/C14H21F3O3S/c1-10(2)6-7-11(3)12(4)8-9-13(5)20-21(18,19)14(15,16)17/h8-11H,4-7H2,1-3H3/b9-8-. The van der Waals surface area contributed by atoms with E-state index in [-0.39, 0.29) is 5.92 Å². The lowest BCUT2D eigenvalue weighted by Crippen LogP contribution is -2.24. The molecule has 0 aromatic rings. The highest BCUT2D eigenvalue weighted by Gasteiger charge is 2.48. The first-order valence-electron chi connectivity index (χ1n) is 6.43. The maximum atomic E-state index is 12.1. The molecule has 0 fully saturated rings. The molecule has 0 aromatic heterocycles. The van der Waals surface area contributed by atoms with Crippen molar-refractivity contribution >= 4 is 10.1 Å². The van der Waals surface area contributed by atoms with Gasteiger partial charge in [-0.25, -0.2) is 0 Å². The van der Waals surface area contributed by atoms with Crippen LogP contribution in [0.5, 0.6) is 0 Å². The molecule has 21 heavy (non-hydrogen) atoms. The summed E-state index contributed by atoms with van der Waals surface area (Å²) in [6.45, 7) is 13.0. The average molecular weight is 326 g/mol. The molecule has 0 radical (unpaired) electrons. The molecule has 0 rings (SSSR count). The van der Waals surface area contributed by atoms with Crippen LogP contribution in [-0.2, 0) is 14.3 Å². The summed E-state index contributed by atoms with van der Waals surface area (Å²) in [6, 6.07) is 0. The zero-order valence-corrected chi connectivity index (χ0v) is 13.2. The second-order valence-corrected chi connectivity index (χ2v) is 6.77. The number of allylic oxidation sites excluding steroid dienone is 3. The van der Waals surface area contributed by atoms with E-state index in [1.165, 1.54) is 6.08 Å². The van der Waals surface area contributed by atoms with Crippen molar-refractivity contribution < 1.29 is 25.8 Å². The third-order valence-electron chi connectivity index (χ3n) is 2.79. The summed E-state index contributed by atoms with van der Waals surface area (Å²) in [5.41, 5.74) is -4.80. The molecule has 0 aromatic carbocycles. The molecule has 0 heterocycles. The number of hydrogen-bond acceptors (Lipinski definition) is 3. The fraction of sp³-hybridized carbons (Fsp3) is 0.571. The Balaban J connectivity index is 4.55. The molecule has 1 atom stereocenters. The van der Waals surface area contributed by atoms with Crippen molar-refractivity contribution in [3.8, 4) is 0 Å². The van der Waals surface area contributed by atoms with Crippen molar-refractivity contribution in [2.75, 3.05) is 0 Å². The van der Waals surface area contributed by atoms with Gasteiger partial charge in [0.1, 0.15) is 5.76 Å². The summed E-state index contributed by atoms with van der Waals surface area (Å²) < 4.78 is 61.7. The van der Waals surface area contributed by atoms with E-state index in [1.807, 2.05) is 6.92 Å². The van der Waals surface area contributed by atoms with Crippen molar-refractivity contribution in [1.29, 1.82) is 0 Å². The SMILES string of the molecule is C=C(/C=C\C(=C)C(C)CCC(C)C)OS(=O)(=O)C(F)(F)F. The highest BCUT2D eigenvalue weighted by molar-refractivity contribution is 7.87. The van der Waals surface area contributed by atoms with E-state index >= 15 is 0 Å². The van der Waals surface area contributed by atoms with E-state index in [0.29, 0.717) is 11.5 Å². The molecule has 122 valence electrons. The monoisotopic (exact) mass is 326 g/mol. The van der Waals surface area contributed by atoms with E-state index in [9.17, 15) is 21.6 Å². The van der Waals surface area contributed by atoms with Gasteiger partial charge >= 0.3 is 15.6 Å². The van der Waals surface area contributed by atoms with E-state index in [4.69, 9.17) is 0 Å². The van der Waals surface area contributed by atoms with Gasteiger partial charge in [-0.05, 0) is 24.3 Å². The maximum Gasteiger partial charge on any atom is 0.534 e. The van der Waals surface area contributed by atoms with Gasteiger partial charge in [-0.15, -0.1) is 0 Å². The first-order valence-corrected chi connectivity index (χ1v) is 7.84. The minimum absolute atomic E-state index is 0.135. The van der Waals surface area contributed by atoms with Gasteiger partial charge in [-0.3, -0.25) is 0 Å². The second kappa shape index (κ2) is 7.68. The topological polar surface area (TPSA) is 43.4 Å². The number of rotatable bonds is 8. The quantitative estimate of drug-likeness (QED) is 0.284. The number of alkyl halides is 3. The molecule has 0 amide bonds. The first kappa shape index (κ1) is 19.8. The van der Waals surface area contributed by atoms with Crippen LogP contribution < -0.4 is 0 Å². The van der Waals surface area contributed by atoms with Crippen LogP contribution in [0, 0.1) is 11.8 Å². The molecule has 0 spiro atoms. The maximum absolute atomic E-state index is 12.1. The zero-order valence-electron chi connectivity index (χ0n) is 12.4. The highest BCUT2D eigenvalue weighted by atomic mass is 32.2. The molecule has 0 N–H and O–H groups in total. The average Bonchev–Trinajstić information content (AvgIpc) is 2.30. The van der Waals surface area contributed by atoms with Crippen LogP contribution in [0.1, 0.15) is 33.6 Å². The summed E-state index contributed by atoms with van der Waals surface area (Å²) in [4.78, 5) is 0. The minimum Gasteiger partial charge on any atom is -0.377 e. The molecule has 0 aliphatic carbocycles. The van der Waals surface area contributed by atoms with Gasteiger partial charge in [0.25, 0.3) is 0 Å². The molecular formula is C14H21F3O3S. The fourth-order valence-corrected chi connectivity index (χ4v) is 1.78. The van der Waals surface area contributed by atoms with Crippen molar-refractivity contribution in [3.05, 3.63) is 36.6 Å². The lowest BCUT2D eigenvalue weighted by Gasteiger charge is -2.13. The van der Waals surface area contributed by atoms with Crippen molar-refractivity contribution in [2.45, 2.75) is 39.1 Å². The van der Waals surface area contributed by atoms with Crippen molar-refractivity contribution in [2.24, 2.45) is 11.8 Å². The Morgan fingerprint density at radius 1 is 1.14 bits per heavy atom. The Morgan fingerprint density at radius 2 is 1.67 bits per heavy atom. The van der Waals surface area contributed by atoms with Gasteiger partial charge in [0, 0.05) is 0 Å². The highest BCUT2D eigenvalue weighted by Crippen LogP contribution is 2.27. The Morgan fingerprint density at radius 3 is 2.10 bits per heavy atom. The Hall–Kier alpha value is -1.24. The normalized spacial score (nSPS) is 14.4. The molecule has 0 aliphatic rings. The molecule has 0 saturated heterocycles. The van der Waals surface area contributed by atoms with Gasteiger partial charge < -0.3 is 4.18 Å². The predicted octanol–water partition coefficient (Wildman–Crippen LogP) is 4.55. The molecule has 7 heteroatoms. The van der Waals surface area contributed by atoms with Crippen molar-refractivity contribution in [1.82, 2.24) is 0 Å². The largest absolute Gasteiger partial charge is 0.534 e. The van der Waals surface area contributed by atoms with Crippen LogP contribution in [0.3, 0.4) is 0 Å². The van der Waals surface area contributed by atoms with Crippen LogP contribution in [0.15, 0.2) is 36.6 Å². The summed E-state index contributed by atoms with van der Waals surface area (Å²) >= 11 is 0. The van der Waals surface area contributed by atoms with E-state index in [2.05, 4.69) is 31.2 Å². The molecule has 0 bridgehead atoms. The predicted molar refractivity (Wildman–Crippen MR) is 76.7 cm³/mol. The third-order valence-corrected chi connectivity index (χ3v) is 3.79. The molecule has 1 unspecified atom stereocenters. The van der Waals surface area contributed by atoms with Crippen LogP contribution in [0.2, 0.25) is 0 Å². The van der Waals surface area contributed by atoms with Crippen molar-refractivity contribution in [3.63, 3.8) is 0 Å². The fourth-order valence-electron chi connectivity index (χ4n) is 1.35. The van der Waals surface area contributed by atoms with Gasteiger partial charge in [0.2, 0.25) is 0 Å². The third kappa shape index (κ3) is 7.36. The summed E-state index contributed by atoms with van der Waals surface area (Å²) in [7, 11) is -5.67. The second-order valence-electron chi connectivity index (χ2n) is 5.23. The Kier molecular flexibility index (Phi) is 7.23. The van der Waals surface area contributed by atoms with Gasteiger partial charge in [0.15, 0.2) is 0 Å². The first-order chi connectivity index (χ1) is 9.36. The summed E-state index contributed by atoms with van der Waals surface area (Å²) in [5.74, 6) is 0.0691. The molecular weight excluding hydrogens is 305 g/mol. The molecule has 3 nitrogen and oxygen atoms in total. The Bertz CT molecular complexity index is 502. The van der Waals surface area contributed by atoms with Gasteiger partial charge in [0.05, 0.1) is 0 Å². The van der Waals surface area contributed by atoms with E-state index in [0.717, 1.165) is 18.9 Å². The van der Waals surface area contributed by atoms with E-state index in [1.54, 1.807) is 0 Å². The minimum atomic E-state index is -5.67. The molecule has 0 saturated carbocycles. The van der Waals surface area contributed by atoms with Crippen LogP contribution in [-0.4, -0.2) is 13.9 Å². The molecule has 0 aliphatic heterocycles. The zero-order chi connectivity index (χ0) is 16.8. The summed E-state index contributed by atoms with van der Waals surface area (Å²) in [6.07, 6.45) is 4.36. The van der Waals surface area contributed by atoms with Gasteiger partial charge in [-0.2, -0.15) is 21.6 Å². The summed E-state index contributed by atoms with van der Waals surface area (Å²) in [5, 5.41) is 0. The van der Waals surface area contributed by atoms with Crippen LogP contribution >= 0.6 is 0 Å². The number of hydrogen-bond donors (Lipinski definition) is 0. The Labute approximate surface area is 124 Å². The number of halogens is 3. The lowest BCUT2D eigenvalue weighted by molar-refractivity contribution is -0.0519. The smallest absolute Gasteiger partial charge is 0.377 e.